The van der Waals surface area contributed by atoms with Crippen LogP contribution in [0.3, 0.4) is 0 Å². The van der Waals surface area contributed by atoms with Crippen LogP contribution in [0.15, 0.2) is 36.4 Å². The molecule has 0 spiro atoms. The standard InChI is InChI=1S/C17H16FNO4/c1-10(20)11-4-3-5-12(8-11)15-14(22-2)7-6-13(16(15)18)9-23-17(19)21/h3-8H,9H2,1-2H3,(H2,19,21). The summed E-state index contributed by atoms with van der Waals surface area (Å²) in [5, 5.41) is 0. The lowest BCUT2D eigenvalue weighted by molar-refractivity contribution is 0.101. The van der Waals surface area contributed by atoms with E-state index >= 15 is 0 Å². The third kappa shape index (κ3) is 3.66. The van der Waals surface area contributed by atoms with Gasteiger partial charge in [0.25, 0.3) is 0 Å². The van der Waals surface area contributed by atoms with Gasteiger partial charge in [0, 0.05) is 11.1 Å². The predicted molar refractivity (Wildman–Crippen MR) is 82.8 cm³/mol. The summed E-state index contributed by atoms with van der Waals surface area (Å²) in [5.41, 5.74) is 6.21. The van der Waals surface area contributed by atoms with Gasteiger partial charge in [0.05, 0.1) is 12.7 Å². The van der Waals surface area contributed by atoms with Gasteiger partial charge in [0.1, 0.15) is 18.2 Å². The second kappa shape index (κ2) is 6.91. The van der Waals surface area contributed by atoms with Crippen LogP contribution >= 0.6 is 0 Å². The van der Waals surface area contributed by atoms with Crippen LogP contribution in [0.4, 0.5) is 9.18 Å². The van der Waals surface area contributed by atoms with Crippen molar-refractivity contribution in [3.8, 4) is 16.9 Å². The number of nitrogens with two attached hydrogens (primary N) is 1. The molecule has 0 aliphatic rings. The number of hydrogen-bond donors (Lipinski definition) is 1. The number of carbonyl (C=O) groups is 2. The van der Waals surface area contributed by atoms with Crippen LogP contribution in [-0.4, -0.2) is 19.0 Å². The number of ketones is 1. The molecule has 2 aromatic carbocycles. The van der Waals surface area contributed by atoms with Crippen molar-refractivity contribution in [1.82, 2.24) is 0 Å². The van der Waals surface area contributed by atoms with Crippen LogP contribution in [0.25, 0.3) is 11.1 Å². The number of ether oxygens (including phenoxy) is 2. The van der Waals surface area contributed by atoms with Crippen LogP contribution < -0.4 is 10.5 Å². The smallest absolute Gasteiger partial charge is 0.404 e. The van der Waals surface area contributed by atoms with Crippen LogP contribution in [0.5, 0.6) is 5.75 Å². The normalized spacial score (nSPS) is 10.2. The number of primary amides is 1. The maximum atomic E-state index is 14.8. The fourth-order valence-electron chi connectivity index (χ4n) is 2.19. The minimum atomic E-state index is -0.986. The Bertz CT molecular complexity index is 758. The summed E-state index contributed by atoms with van der Waals surface area (Å²) in [6.07, 6.45) is -0.986. The molecule has 23 heavy (non-hydrogen) atoms. The number of amides is 1. The van der Waals surface area contributed by atoms with E-state index in [4.69, 9.17) is 10.5 Å². The molecule has 2 rings (SSSR count). The van der Waals surface area contributed by atoms with Gasteiger partial charge in [0.2, 0.25) is 0 Å². The van der Waals surface area contributed by atoms with Gasteiger partial charge in [-0.15, -0.1) is 0 Å². The summed E-state index contributed by atoms with van der Waals surface area (Å²) in [4.78, 5) is 22.2. The van der Waals surface area contributed by atoms with E-state index in [0.29, 0.717) is 16.9 Å². The molecule has 2 N–H and O–H groups in total. The molecule has 1 amide bonds. The molecule has 0 aromatic heterocycles. The molecule has 0 atom stereocenters. The lowest BCUT2D eigenvalue weighted by Crippen LogP contribution is -2.13. The predicted octanol–water partition coefficient (Wildman–Crippen LogP) is 3.30. The minimum Gasteiger partial charge on any atom is -0.496 e. The Labute approximate surface area is 132 Å². The van der Waals surface area contributed by atoms with Gasteiger partial charge < -0.3 is 15.2 Å². The van der Waals surface area contributed by atoms with Gasteiger partial charge in [-0.2, -0.15) is 0 Å². The number of methoxy groups -OCH3 is 1. The van der Waals surface area contributed by atoms with E-state index in [2.05, 4.69) is 4.74 Å². The van der Waals surface area contributed by atoms with Crippen molar-refractivity contribution in [3.63, 3.8) is 0 Å². The first-order valence-corrected chi connectivity index (χ1v) is 6.83. The van der Waals surface area contributed by atoms with Gasteiger partial charge in [-0.1, -0.05) is 18.2 Å². The van der Waals surface area contributed by atoms with E-state index < -0.39 is 11.9 Å². The highest BCUT2D eigenvalue weighted by Crippen LogP contribution is 2.35. The number of rotatable bonds is 5. The lowest BCUT2D eigenvalue weighted by atomic mass is 9.98. The Morgan fingerprint density at radius 3 is 2.57 bits per heavy atom. The van der Waals surface area contributed by atoms with Crippen molar-refractivity contribution in [3.05, 3.63) is 53.3 Å². The highest BCUT2D eigenvalue weighted by molar-refractivity contribution is 5.95. The second-order valence-corrected chi connectivity index (χ2v) is 4.86. The molecule has 120 valence electrons. The Morgan fingerprint density at radius 1 is 1.22 bits per heavy atom. The summed E-state index contributed by atoms with van der Waals surface area (Å²) in [6.45, 7) is 1.15. The molecule has 0 bridgehead atoms. The Balaban J connectivity index is 2.55. The molecule has 5 nitrogen and oxygen atoms in total. The first-order valence-electron chi connectivity index (χ1n) is 6.83. The largest absolute Gasteiger partial charge is 0.496 e. The third-order valence-corrected chi connectivity index (χ3v) is 3.33. The molecule has 0 radical (unpaired) electrons. The van der Waals surface area contributed by atoms with Crippen molar-refractivity contribution < 1.29 is 23.5 Å². The fourth-order valence-corrected chi connectivity index (χ4v) is 2.19. The zero-order valence-electron chi connectivity index (χ0n) is 12.8. The summed E-state index contributed by atoms with van der Waals surface area (Å²) >= 11 is 0. The van der Waals surface area contributed by atoms with Crippen molar-refractivity contribution in [2.24, 2.45) is 5.73 Å². The molecule has 0 saturated heterocycles. The Hall–Kier alpha value is -2.89. The number of halogens is 1. The summed E-state index contributed by atoms with van der Waals surface area (Å²) in [7, 11) is 1.42. The summed E-state index contributed by atoms with van der Waals surface area (Å²) in [5.74, 6) is -0.406. The number of carbonyl (C=O) groups excluding carboxylic acids is 2. The van der Waals surface area contributed by atoms with Gasteiger partial charge >= 0.3 is 6.09 Å². The molecule has 0 saturated carbocycles. The number of benzene rings is 2. The van der Waals surface area contributed by atoms with Gasteiger partial charge in [-0.3, -0.25) is 4.79 Å². The lowest BCUT2D eigenvalue weighted by Gasteiger charge is -2.14. The van der Waals surface area contributed by atoms with E-state index in [0.717, 1.165) is 0 Å². The van der Waals surface area contributed by atoms with Gasteiger partial charge in [-0.25, -0.2) is 9.18 Å². The summed E-state index contributed by atoms with van der Waals surface area (Å²) in [6, 6.07) is 9.59. The number of Topliss-reactive ketones (excluding diaryl/α,β-unsaturated/α-hetero) is 1. The SMILES string of the molecule is COc1ccc(COC(N)=O)c(F)c1-c1cccc(C(C)=O)c1. The molecule has 0 aliphatic carbocycles. The van der Waals surface area contributed by atoms with Crippen LogP contribution in [0.2, 0.25) is 0 Å². The van der Waals surface area contributed by atoms with Crippen molar-refractivity contribution in [2.75, 3.05) is 7.11 Å². The first kappa shape index (κ1) is 16.5. The molecule has 0 heterocycles. The second-order valence-electron chi connectivity index (χ2n) is 4.86. The Morgan fingerprint density at radius 2 is 1.96 bits per heavy atom. The maximum absolute atomic E-state index is 14.8. The van der Waals surface area contributed by atoms with E-state index in [1.165, 1.54) is 20.1 Å². The highest BCUT2D eigenvalue weighted by atomic mass is 19.1. The monoisotopic (exact) mass is 317 g/mol. The van der Waals surface area contributed by atoms with Crippen LogP contribution in [0.1, 0.15) is 22.8 Å². The summed E-state index contributed by atoms with van der Waals surface area (Å²) < 4.78 is 24.6. The molecule has 0 unspecified atom stereocenters. The van der Waals surface area contributed by atoms with Crippen molar-refractivity contribution in [2.45, 2.75) is 13.5 Å². The molecular formula is C17H16FNO4. The molecular weight excluding hydrogens is 301 g/mol. The third-order valence-electron chi connectivity index (χ3n) is 3.33. The van der Waals surface area contributed by atoms with Crippen molar-refractivity contribution in [1.29, 1.82) is 0 Å². The highest BCUT2D eigenvalue weighted by Gasteiger charge is 2.17. The average Bonchev–Trinajstić information content (AvgIpc) is 2.53. The molecule has 2 aromatic rings. The Kier molecular flexibility index (Phi) is 4.95. The van der Waals surface area contributed by atoms with Gasteiger partial charge in [-0.05, 0) is 30.7 Å². The first-order chi connectivity index (χ1) is 10.9. The van der Waals surface area contributed by atoms with E-state index in [9.17, 15) is 14.0 Å². The molecule has 0 aliphatic heterocycles. The van der Waals surface area contributed by atoms with E-state index in [-0.39, 0.29) is 23.5 Å². The minimum absolute atomic E-state index is 0.126. The topological polar surface area (TPSA) is 78.6 Å². The average molecular weight is 317 g/mol. The van der Waals surface area contributed by atoms with Gasteiger partial charge in [0.15, 0.2) is 5.78 Å². The maximum Gasteiger partial charge on any atom is 0.404 e. The van der Waals surface area contributed by atoms with E-state index in [1.54, 1.807) is 30.3 Å². The quantitative estimate of drug-likeness (QED) is 0.858. The van der Waals surface area contributed by atoms with E-state index in [1.807, 2.05) is 0 Å². The number of hydrogen-bond acceptors (Lipinski definition) is 4. The van der Waals surface area contributed by atoms with Crippen molar-refractivity contribution >= 4 is 11.9 Å². The fraction of sp³-hybridized carbons (Fsp3) is 0.176. The zero-order valence-corrected chi connectivity index (χ0v) is 12.8. The zero-order chi connectivity index (χ0) is 17.0. The molecule has 6 heteroatoms. The molecule has 0 fully saturated rings. The van der Waals surface area contributed by atoms with Crippen LogP contribution in [-0.2, 0) is 11.3 Å². The van der Waals surface area contributed by atoms with Crippen LogP contribution in [0, 0.1) is 5.82 Å².